The van der Waals surface area contributed by atoms with E-state index in [1.165, 1.54) is 5.56 Å². The van der Waals surface area contributed by atoms with Crippen LogP contribution < -0.4 is 10.1 Å². The van der Waals surface area contributed by atoms with Crippen LogP contribution in [0.5, 0.6) is 5.75 Å². The second kappa shape index (κ2) is 7.14. The smallest absolute Gasteiger partial charge is 0.119 e. The maximum atomic E-state index is 10.3. The van der Waals surface area contributed by atoms with E-state index in [2.05, 4.69) is 31.3 Å². The topological polar surface area (TPSA) is 41.5 Å². The summed E-state index contributed by atoms with van der Waals surface area (Å²) < 4.78 is 5.18. The molecule has 3 heteroatoms. The second-order valence-electron chi connectivity index (χ2n) is 5.45. The molecule has 0 saturated heterocycles. The Hall–Kier alpha value is -2.00. The number of nitrogens with one attached hydrogen (secondary N) is 1. The highest BCUT2D eigenvalue weighted by Gasteiger charge is 2.08. The van der Waals surface area contributed by atoms with Gasteiger partial charge >= 0.3 is 0 Å². The minimum Gasteiger partial charge on any atom is -0.497 e. The molecule has 0 fully saturated rings. The Morgan fingerprint density at radius 1 is 1.05 bits per heavy atom. The van der Waals surface area contributed by atoms with Gasteiger partial charge in [0.05, 0.1) is 13.2 Å². The molecule has 0 aliphatic rings. The van der Waals surface area contributed by atoms with E-state index in [4.69, 9.17) is 4.74 Å². The fourth-order valence-corrected chi connectivity index (χ4v) is 2.19. The van der Waals surface area contributed by atoms with E-state index in [-0.39, 0.29) is 0 Å². The highest BCUT2D eigenvalue weighted by molar-refractivity contribution is 5.46. The summed E-state index contributed by atoms with van der Waals surface area (Å²) in [5.74, 6) is 1.25. The SMILES string of the molecule is COc1cccc(C(O)CNc2cccc(C(C)C)c2)c1. The van der Waals surface area contributed by atoms with E-state index in [0.29, 0.717) is 12.5 Å². The summed E-state index contributed by atoms with van der Waals surface area (Å²) in [5, 5.41) is 13.5. The predicted octanol–water partition coefficient (Wildman–Crippen LogP) is 3.96. The summed E-state index contributed by atoms with van der Waals surface area (Å²) in [7, 11) is 1.63. The van der Waals surface area contributed by atoms with Crippen LogP contribution in [0, 0.1) is 0 Å². The van der Waals surface area contributed by atoms with Crippen molar-refractivity contribution < 1.29 is 9.84 Å². The van der Waals surface area contributed by atoms with Gasteiger partial charge in [0.15, 0.2) is 0 Å². The molecule has 0 aromatic heterocycles. The molecule has 3 nitrogen and oxygen atoms in total. The zero-order valence-electron chi connectivity index (χ0n) is 12.8. The molecule has 0 saturated carbocycles. The minimum atomic E-state index is -0.567. The molecule has 2 aromatic carbocycles. The lowest BCUT2D eigenvalue weighted by atomic mass is 10.0. The van der Waals surface area contributed by atoms with Crippen LogP contribution >= 0.6 is 0 Å². The van der Waals surface area contributed by atoms with Crippen molar-refractivity contribution in [3.63, 3.8) is 0 Å². The molecule has 0 spiro atoms. The number of hydrogen-bond donors (Lipinski definition) is 2. The first-order valence-corrected chi connectivity index (χ1v) is 7.26. The van der Waals surface area contributed by atoms with Gasteiger partial charge in [0.2, 0.25) is 0 Å². The highest BCUT2D eigenvalue weighted by Crippen LogP contribution is 2.21. The molecule has 0 radical (unpaired) electrons. The van der Waals surface area contributed by atoms with Crippen molar-refractivity contribution in [2.75, 3.05) is 19.0 Å². The van der Waals surface area contributed by atoms with Gasteiger partial charge in [-0.1, -0.05) is 38.1 Å². The van der Waals surface area contributed by atoms with Crippen molar-refractivity contribution in [3.05, 3.63) is 59.7 Å². The Kier molecular flexibility index (Phi) is 5.23. The normalized spacial score (nSPS) is 12.2. The van der Waals surface area contributed by atoms with Crippen LogP contribution in [0.3, 0.4) is 0 Å². The van der Waals surface area contributed by atoms with Gasteiger partial charge in [0.1, 0.15) is 5.75 Å². The van der Waals surface area contributed by atoms with Gasteiger partial charge in [-0.3, -0.25) is 0 Å². The predicted molar refractivity (Wildman–Crippen MR) is 87.0 cm³/mol. The molecule has 2 N–H and O–H groups in total. The first-order valence-electron chi connectivity index (χ1n) is 7.26. The van der Waals surface area contributed by atoms with E-state index in [1.807, 2.05) is 36.4 Å². The first kappa shape index (κ1) is 15.4. The monoisotopic (exact) mass is 285 g/mol. The van der Waals surface area contributed by atoms with Gasteiger partial charge < -0.3 is 15.2 Å². The van der Waals surface area contributed by atoms with Crippen molar-refractivity contribution in [3.8, 4) is 5.75 Å². The largest absolute Gasteiger partial charge is 0.497 e. The van der Waals surface area contributed by atoms with Gasteiger partial charge in [-0.2, -0.15) is 0 Å². The van der Waals surface area contributed by atoms with Crippen LogP contribution in [-0.4, -0.2) is 18.8 Å². The van der Waals surface area contributed by atoms with E-state index in [1.54, 1.807) is 7.11 Å². The molecule has 2 aromatic rings. The second-order valence-corrected chi connectivity index (χ2v) is 5.45. The molecule has 0 heterocycles. The van der Waals surface area contributed by atoms with E-state index in [0.717, 1.165) is 17.0 Å². The lowest BCUT2D eigenvalue weighted by molar-refractivity contribution is 0.191. The van der Waals surface area contributed by atoms with Crippen molar-refractivity contribution in [1.29, 1.82) is 0 Å². The molecule has 0 amide bonds. The zero-order valence-corrected chi connectivity index (χ0v) is 12.8. The van der Waals surface area contributed by atoms with Crippen LogP contribution in [-0.2, 0) is 0 Å². The summed E-state index contributed by atoms with van der Waals surface area (Å²) in [5.41, 5.74) is 3.17. The average molecular weight is 285 g/mol. The third-order valence-corrected chi connectivity index (χ3v) is 3.53. The van der Waals surface area contributed by atoms with Crippen LogP contribution in [0.2, 0.25) is 0 Å². The quantitative estimate of drug-likeness (QED) is 0.844. The van der Waals surface area contributed by atoms with Gasteiger partial charge in [-0.15, -0.1) is 0 Å². The Bertz CT molecular complexity index is 581. The molecule has 0 bridgehead atoms. The summed E-state index contributed by atoms with van der Waals surface area (Å²) in [6, 6.07) is 15.8. The standard InChI is InChI=1S/C18H23NO2/c1-13(2)14-6-4-8-16(10-14)19-12-18(20)15-7-5-9-17(11-15)21-3/h4-11,13,18-20H,12H2,1-3H3. The number of benzene rings is 2. The molecular formula is C18H23NO2. The fourth-order valence-electron chi connectivity index (χ4n) is 2.19. The van der Waals surface area contributed by atoms with Crippen LogP contribution in [0.25, 0.3) is 0 Å². The number of hydrogen-bond acceptors (Lipinski definition) is 3. The van der Waals surface area contributed by atoms with Crippen molar-refractivity contribution in [1.82, 2.24) is 0 Å². The Balaban J connectivity index is 2.00. The Labute approximate surface area is 126 Å². The molecule has 0 aliphatic carbocycles. The maximum Gasteiger partial charge on any atom is 0.119 e. The maximum absolute atomic E-state index is 10.3. The summed E-state index contributed by atoms with van der Waals surface area (Å²) in [6.07, 6.45) is -0.567. The van der Waals surface area contributed by atoms with Gasteiger partial charge in [0, 0.05) is 12.2 Å². The molecule has 1 unspecified atom stereocenters. The summed E-state index contributed by atoms with van der Waals surface area (Å²) in [6.45, 7) is 4.81. The summed E-state index contributed by atoms with van der Waals surface area (Å²) >= 11 is 0. The third-order valence-electron chi connectivity index (χ3n) is 3.53. The molecular weight excluding hydrogens is 262 g/mol. The zero-order chi connectivity index (χ0) is 15.2. The number of ether oxygens (including phenoxy) is 1. The van der Waals surface area contributed by atoms with Crippen molar-refractivity contribution in [2.24, 2.45) is 0 Å². The molecule has 1 atom stereocenters. The number of anilines is 1. The lowest BCUT2D eigenvalue weighted by Crippen LogP contribution is -2.12. The number of aliphatic hydroxyl groups excluding tert-OH is 1. The van der Waals surface area contributed by atoms with Crippen LogP contribution in [0.1, 0.15) is 37.0 Å². The third kappa shape index (κ3) is 4.23. The lowest BCUT2D eigenvalue weighted by Gasteiger charge is -2.15. The van der Waals surface area contributed by atoms with Gasteiger partial charge in [0.25, 0.3) is 0 Å². The van der Waals surface area contributed by atoms with Gasteiger partial charge in [-0.05, 0) is 41.3 Å². The van der Waals surface area contributed by atoms with E-state index < -0.39 is 6.10 Å². The van der Waals surface area contributed by atoms with Crippen LogP contribution in [0.15, 0.2) is 48.5 Å². The first-order chi connectivity index (χ1) is 10.1. The summed E-state index contributed by atoms with van der Waals surface area (Å²) in [4.78, 5) is 0. The molecule has 2 rings (SSSR count). The highest BCUT2D eigenvalue weighted by atomic mass is 16.5. The fraction of sp³-hybridized carbons (Fsp3) is 0.333. The Morgan fingerprint density at radius 2 is 1.76 bits per heavy atom. The van der Waals surface area contributed by atoms with Gasteiger partial charge in [-0.25, -0.2) is 0 Å². The number of methoxy groups -OCH3 is 1. The molecule has 21 heavy (non-hydrogen) atoms. The van der Waals surface area contributed by atoms with E-state index >= 15 is 0 Å². The number of rotatable bonds is 6. The van der Waals surface area contributed by atoms with Crippen molar-refractivity contribution >= 4 is 5.69 Å². The molecule has 112 valence electrons. The van der Waals surface area contributed by atoms with Crippen LogP contribution in [0.4, 0.5) is 5.69 Å². The molecule has 0 aliphatic heterocycles. The minimum absolute atomic E-state index is 0.467. The van der Waals surface area contributed by atoms with Crippen molar-refractivity contribution in [2.45, 2.75) is 25.9 Å². The van der Waals surface area contributed by atoms with E-state index in [9.17, 15) is 5.11 Å². The average Bonchev–Trinajstić information content (AvgIpc) is 2.53. The number of aliphatic hydroxyl groups is 1. The Morgan fingerprint density at radius 3 is 2.48 bits per heavy atom.